The summed E-state index contributed by atoms with van der Waals surface area (Å²) >= 11 is 7.28. The number of methoxy groups -OCH3 is 1. The van der Waals surface area contributed by atoms with Crippen molar-refractivity contribution in [2.24, 2.45) is 0 Å². The van der Waals surface area contributed by atoms with E-state index in [-0.39, 0.29) is 11.7 Å². The lowest BCUT2D eigenvalue weighted by Crippen LogP contribution is -2.14. The van der Waals surface area contributed by atoms with Gasteiger partial charge in [-0.15, -0.1) is 10.2 Å². The van der Waals surface area contributed by atoms with Gasteiger partial charge in [-0.25, -0.2) is 0 Å². The minimum Gasteiger partial charge on any atom is -0.495 e. The number of hydrogen-bond donors (Lipinski definition) is 1. The summed E-state index contributed by atoms with van der Waals surface area (Å²) in [5.74, 6) is 0.582. The lowest BCUT2D eigenvalue weighted by Gasteiger charge is -2.10. The minimum atomic E-state index is -0.176. The Labute approximate surface area is 160 Å². The summed E-state index contributed by atoms with van der Waals surface area (Å²) < 4.78 is 5.22. The van der Waals surface area contributed by atoms with Crippen molar-refractivity contribution in [2.45, 2.75) is 5.03 Å². The molecule has 0 fully saturated rings. The summed E-state index contributed by atoms with van der Waals surface area (Å²) in [5.41, 5.74) is 2.33. The van der Waals surface area contributed by atoms with Gasteiger partial charge in [-0.1, -0.05) is 53.7 Å². The second kappa shape index (κ2) is 8.69. The van der Waals surface area contributed by atoms with Crippen molar-refractivity contribution in [2.75, 3.05) is 18.2 Å². The molecule has 0 aliphatic rings. The van der Waals surface area contributed by atoms with Crippen LogP contribution in [-0.4, -0.2) is 29.0 Å². The molecular weight excluding hydrogens is 370 g/mol. The third kappa shape index (κ3) is 4.74. The maximum Gasteiger partial charge on any atom is 0.234 e. The summed E-state index contributed by atoms with van der Waals surface area (Å²) in [6, 6.07) is 18.6. The molecule has 0 saturated carbocycles. The van der Waals surface area contributed by atoms with Gasteiger partial charge in [0.15, 0.2) is 0 Å². The fourth-order valence-electron chi connectivity index (χ4n) is 2.26. The number of carbonyl (C=O) groups excluding carboxylic acids is 1. The molecule has 1 N–H and O–H groups in total. The molecule has 26 heavy (non-hydrogen) atoms. The second-order valence-corrected chi connectivity index (χ2v) is 6.74. The second-order valence-electron chi connectivity index (χ2n) is 5.30. The third-order valence-corrected chi connectivity index (χ3v) is 4.65. The van der Waals surface area contributed by atoms with Crippen molar-refractivity contribution in [3.05, 3.63) is 65.7 Å². The molecule has 0 aliphatic carbocycles. The smallest absolute Gasteiger partial charge is 0.234 e. The Bertz CT molecular complexity index is 889. The molecule has 0 radical (unpaired) electrons. The molecule has 0 spiro atoms. The van der Waals surface area contributed by atoms with Gasteiger partial charge in [-0.3, -0.25) is 4.79 Å². The van der Waals surface area contributed by atoms with E-state index in [2.05, 4.69) is 15.5 Å². The first-order valence-electron chi connectivity index (χ1n) is 7.81. The molecule has 0 saturated heterocycles. The van der Waals surface area contributed by atoms with Gasteiger partial charge in [-0.2, -0.15) is 0 Å². The average molecular weight is 386 g/mol. The quantitative estimate of drug-likeness (QED) is 0.631. The van der Waals surface area contributed by atoms with Gasteiger partial charge in [0, 0.05) is 10.6 Å². The highest BCUT2D eigenvalue weighted by Crippen LogP contribution is 2.28. The number of nitrogens with one attached hydrogen (secondary N) is 1. The Morgan fingerprint density at radius 2 is 1.92 bits per heavy atom. The molecule has 3 rings (SSSR count). The van der Waals surface area contributed by atoms with Crippen LogP contribution in [0.3, 0.4) is 0 Å². The first kappa shape index (κ1) is 18.2. The lowest BCUT2D eigenvalue weighted by atomic mass is 10.1. The Hall–Kier alpha value is -2.57. The van der Waals surface area contributed by atoms with Crippen molar-refractivity contribution in [3.8, 4) is 17.0 Å². The van der Waals surface area contributed by atoms with Gasteiger partial charge in [0.25, 0.3) is 0 Å². The van der Waals surface area contributed by atoms with Crippen LogP contribution < -0.4 is 10.1 Å². The minimum absolute atomic E-state index is 0.176. The Kier molecular flexibility index (Phi) is 6.09. The van der Waals surface area contributed by atoms with Crippen LogP contribution in [0, 0.1) is 0 Å². The van der Waals surface area contributed by atoms with Gasteiger partial charge in [0.05, 0.1) is 24.2 Å². The molecular formula is C19H16ClN3O2S. The van der Waals surface area contributed by atoms with Crippen molar-refractivity contribution >= 4 is 35.0 Å². The highest BCUT2D eigenvalue weighted by Gasteiger charge is 2.10. The van der Waals surface area contributed by atoms with Gasteiger partial charge in [0.2, 0.25) is 5.91 Å². The normalized spacial score (nSPS) is 10.4. The monoisotopic (exact) mass is 385 g/mol. The van der Waals surface area contributed by atoms with Crippen LogP contribution in [0.5, 0.6) is 5.75 Å². The number of nitrogens with zero attached hydrogens (tertiary/aromatic N) is 2. The zero-order chi connectivity index (χ0) is 18.4. The van der Waals surface area contributed by atoms with Crippen LogP contribution in [0.25, 0.3) is 11.3 Å². The molecule has 1 heterocycles. The first-order valence-corrected chi connectivity index (χ1v) is 9.17. The topological polar surface area (TPSA) is 64.1 Å². The number of halogens is 1. The largest absolute Gasteiger partial charge is 0.495 e. The van der Waals surface area contributed by atoms with Crippen molar-refractivity contribution in [1.29, 1.82) is 0 Å². The molecule has 2 aromatic carbocycles. The summed E-state index contributed by atoms with van der Waals surface area (Å²) in [4.78, 5) is 12.2. The Morgan fingerprint density at radius 3 is 2.62 bits per heavy atom. The number of amides is 1. The maximum atomic E-state index is 12.2. The molecule has 3 aromatic rings. The van der Waals surface area contributed by atoms with E-state index in [4.69, 9.17) is 16.3 Å². The molecule has 0 aliphatic heterocycles. The van der Waals surface area contributed by atoms with Crippen molar-refractivity contribution < 1.29 is 9.53 Å². The van der Waals surface area contributed by atoms with Gasteiger partial charge < -0.3 is 10.1 Å². The van der Waals surface area contributed by atoms with E-state index in [9.17, 15) is 4.79 Å². The predicted molar refractivity (Wildman–Crippen MR) is 105 cm³/mol. The first-order chi connectivity index (χ1) is 12.7. The van der Waals surface area contributed by atoms with Crippen molar-refractivity contribution in [3.63, 3.8) is 0 Å². The highest BCUT2D eigenvalue weighted by molar-refractivity contribution is 7.99. The fourth-order valence-corrected chi connectivity index (χ4v) is 3.05. The Morgan fingerprint density at radius 1 is 1.12 bits per heavy atom. The lowest BCUT2D eigenvalue weighted by molar-refractivity contribution is -0.113. The third-order valence-electron chi connectivity index (χ3n) is 3.50. The van der Waals surface area contributed by atoms with E-state index < -0.39 is 0 Å². The number of benzene rings is 2. The average Bonchev–Trinajstić information content (AvgIpc) is 2.68. The molecule has 5 nitrogen and oxygen atoms in total. The zero-order valence-corrected chi connectivity index (χ0v) is 15.6. The number of anilines is 1. The van der Waals surface area contributed by atoms with Crippen LogP contribution in [0.2, 0.25) is 5.02 Å². The van der Waals surface area contributed by atoms with Crippen LogP contribution >= 0.6 is 23.4 Å². The summed E-state index contributed by atoms with van der Waals surface area (Å²) in [5, 5.41) is 12.4. The number of aromatic nitrogens is 2. The van der Waals surface area contributed by atoms with Crippen molar-refractivity contribution in [1.82, 2.24) is 10.2 Å². The number of ether oxygens (including phenoxy) is 1. The molecule has 0 unspecified atom stereocenters. The van der Waals surface area contributed by atoms with Gasteiger partial charge in [-0.05, 0) is 30.3 Å². The SMILES string of the molecule is COc1ccc(Cl)cc1NC(=O)CSc1ccc(-c2ccccc2)nn1. The fraction of sp³-hybridized carbons (Fsp3) is 0.105. The molecule has 132 valence electrons. The van der Waals surface area contributed by atoms with Crippen LogP contribution in [0.15, 0.2) is 65.7 Å². The molecule has 1 amide bonds. The number of hydrogen-bond acceptors (Lipinski definition) is 5. The standard InChI is InChI=1S/C19H16ClN3O2S/c1-25-17-9-7-14(20)11-16(17)21-18(24)12-26-19-10-8-15(22-23-19)13-5-3-2-4-6-13/h2-11H,12H2,1H3,(H,21,24). The van der Waals surface area contributed by atoms with E-state index in [1.807, 2.05) is 42.5 Å². The van der Waals surface area contributed by atoms with Crippen LogP contribution in [0.4, 0.5) is 5.69 Å². The van der Waals surface area contributed by atoms with Crippen LogP contribution in [0.1, 0.15) is 0 Å². The van der Waals surface area contributed by atoms with E-state index in [1.165, 1.54) is 18.9 Å². The molecule has 0 bridgehead atoms. The van der Waals surface area contributed by atoms with Gasteiger partial charge >= 0.3 is 0 Å². The van der Waals surface area contributed by atoms with Gasteiger partial charge in [0.1, 0.15) is 10.8 Å². The number of thioether (sulfide) groups is 1. The zero-order valence-electron chi connectivity index (χ0n) is 14.0. The maximum absolute atomic E-state index is 12.2. The highest BCUT2D eigenvalue weighted by atomic mass is 35.5. The van der Waals surface area contributed by atoms with E-state index in [0.717, 1.165) is 11.3 Å². The predicted octanol–water partition coefficient (Wildman–Crippen LogP) is 4.54. The molecule has 0 atom stereocenters. The summed E-state index contributed by atoms with van der Waals surface area (Å²) in [6.45, 7) is 0. The summed E-state index contributed by atoms with van der Waals surface area (Å²) in [6.07, 6.45) is 0. The van der Waals surface area contributed by atoms with E-state index in [1.54, 1.807) is 18.2 Å². The molecule has 1 aromatic heterocycles. The summed E-state index contributed by atoms with van der Waals surface area (Å²) in [7, 11) is 1.54. The number of carbonyl (C=O) groups is 1. The van der Waals surface area contributed by atoms with E-state index >= 15 is 0 Å². The number of rotatable bonds is 6. The Balaban J connectivity index is 1.59. The van der Waals surface area contributed by atoms with E-state index in [0.29, 0.717) is 21.5 Å². The van der Waals surface area contributed by atoms with Crippen LogP contribution in [-0.2, 0) is 4.79 Å². The molecule has 7 heteroatoms.